The molecule has 27 heavy (non-hydrogen) atoms. The number of amides is 1. The number of carbonyl (C=O) groups excluding carboxylic acids is 1. The second-order valence-corrected chi connectivity index (χ2v) is 6.90. The summed E-state index contributed by atoms with van der Waals surface area (Å²) in [4.78, 5) is 17.5. The summed E-state index contributed by atoms with van der Waals surface area (Å²) < 4.78 is 24.9. The molecule has 0 aromatic heterocycles. The molecule has 8 heteroatoms. The number of hydroxylamine groups is 1. The zero-order valence-corrected chi connectivity index (χ0v) is 17.3. The maximum atomic E-state index is 13.7. The summed E-state index contributed by atoms with van der Waals surface area (Å²) in [6.45, 7) is 3.40. The highest BCUT2D eigenvalue weighted by molar-refractivity contribution is 14.1. The van der Waals surface area contributed by atoms with Crippen LogP contribution in [0.15, 0.2) is 36.4 Å². The summed E-state index contributed by atoms with van der Waals surface area (Å²) in [7, 11) is 1.59. The van der Waals surface area contributed by atoms with Gasteiger partial charge in [0.2, 0.25) is 0 Å². The lowest BCUT2D eigenvalue weighted by Gasteiger charge is -2.14. The molecule has 1 amide bonds. The van der Waals surface area contributed by atoms with Crippen molar-refractivity contribution in [1.29, 1.82) is 0 Å². The highest BCUT2D eigenvalue weighted by Gasteiger charge is 2.14. The first kappa shape index (κ1) is 21.5. The Kier molecular flexibility index (Phi) is 8.92. The molecule has 2 aromatic carbocycles. The van der Waals surface area contributed by atoms with Crippen molar-refractivity contribution in [3.8, 4) is 0 Å². The van der Waals surface area contributed by atoms with Crippen molar-refractivity contribution in [3.05, 3.63) is 56.9 Å². The minimum atomic E-state index is -0.474. The molecule has 0 heterocycles. The molecule has 0 spiro atoms. The van der Waals surface area contributed by atoms with Crippen molar-refractivity contribution >= 4 is 39.9 Å². The summed E-state index contributed by atoms with van der Waals surface area (Å²) in [6.07, 6.45) is 0. The number of hydrogen-bond acceptors (Lipinski definition) is 5. The summed E-state index contributed by atoms with van der Waals surface area (Å²) >= 11 is 2.22. The lowest BCUT2D eigenvalue weighted by atomic mass is 10.1. The maximum Gasteiger partial charge on any atom is 0.276 e. The van der Waals surface area contributed by atoms with Crippen molar-refractivity contribution in [2.75, 3.05) is 38.9 Å². The zero-order valence-electron chi connectivity index (χ0n) is 15.2. The van der Waals surface area contributed by atoms with Gasteiger partial charge in [0.25, 0.3) is 5.91 Å². The van der Waals surface area contributed by atoms with E-state index < -0.39 is 11.7 Å². The Morgan fingerprint density at radius 3 is 2.59 bits per heavy atom. The first-order valence-electron chi connectivity index (χ1n) is 8.33. The summed E-state index contributed by atoms with van der Waals surface area (Å²) in [5.74, 6) is -0.915. The third-order valence-corrected chi connectivity index (χ3v) is 4.28. The zero-order chi connectivity index (χ0) is 19.6. The molecule has 0 radical (unpaired) electrons. The van der Waals surface area contributed by atoms with Gasteiger partial charge in [-0.05, 0) is 71.5 Å². The van der Waals surface area contributed by atoms with Gasteiger partial charge in [-0.2, -0.15) is 0 Å². The van der Waals surface area contributed by atoms with Crippen LogP contribution < -0.4 is 10.8 Å². The number of carbonyl (C=O) groups is 1. The SMILES string of the molecule is COCCOCCONC(=O)c1ccc(F)cc1Nc1ccc(I)cc1C. The van der Waals surface area contributed by atoms with E-state index in [0.29, 0.717) is 25.5 Å². The fourth-order valence-corrected chi connectivity index (χ4v) is 2.89. The first-order valence-corrected chi connectivity index (χ1v) is 9.40. The van der Waals surface area contributed by atoms with Gasteiger partial charge in [-0.1, -0.05) is 0 Å². The van der Waals surface area contributed by atoms with Crippen LogP contribution >= 0.6 is 22.6 Å². The largest absolute Gasteiger partial charge is 0.382 e. The molecule has 0 aliphatic carbocycles. The topological polar surface area (TPSA) is 68.8 Å². The molecule has 0 fully saturated rings. The van der Waals surface area contributed by atoms with E-state index in [0.717, 1.165) is 14.8 Å². The highest BCUT2D eigenvalue weighted by atomic mass is 127. The van der Waals surface area contributed by atoms with Crippen LogP contribution in [0.5, 0.6) is 0 Å². The van der Waals surface area contributed by atoms with Gasteiger partial charge in [0.15, 0.2) is 0 Å². The average Bonchev–Trinajstić information content (AvgIpc) is 2.63. The number of anilines is 2. The minimum absolute atomic E-state index is 0.190. The normalized spacial score (nSPS) is 10.7. The Bertz CT molecular complexity index is 773. The van der Waals surface area contributed by atoms with Gasteiger partial charge in [0, 0.05) is 16.4 Å². The predicted octanol–water partition coefficient (Wildman–Crippen LogP) is 3.81. The lowest BCUT2D eigenvalue weighted by molar-refractivity contribution is -0.00935. The monoisotopic (exact) mass is 488 g/mol. The van der Waals surface area contributed by atoms with Crippen LogP contribution in [0.3, 0.4) is 0 Å². The predicted molar refractivity (Wildman–Crippen MR) is 110 cm³/mol. The van der Waals surface area contributed by atoms with Gasteiger partial charge in [-0.3, -0.25) is 9.63 Å². The fourth-order valence-electron chi connectivity index (χ4n) is 2.25. The fraction of sp³-hybridized carbons (Fsp3) is 0.316. The number of benzene rings is 2. The number of nitrogens with one attached hydrogen (secondary N) is 2. The van der Waals surface area contributed by atoms with Crippen LogP contribution in [0.1, 0.15) is 15.9 Å². The number of hydrogen-bond donors (Lipinski definition) is 2. The molecular formula is C19H22FIN2O4. The molecule has 6 nitrogen and oxygen atoms in total. The van der Waals surface area contributed by atoms with Crippen molar-refractivity contribution in [2.24, 2.45) is 0 Å². The van der Waals surface area contributed by atoms with Gasteiger partial charge in [-0.25, -0.2) is 9.87 Å². The van der Waals surface area contributed by atoms with E-state index in [1.54, 1.807) is 7.11 Å². The molecule has 2 rings (SSSR count). The van der Waals surface area contributed by atoms with Crippen LogP contribution in [0.25, 0.3) is 0 Å². The molecule has 0 saturated heterocycles. The van der Waals surface area contributed by atoms with E-state index in [4.69, 9.17) is 14.3 Å². The van der Waals surface area contributed by atoms with E-state index in [1.165, 1.54) is 18.2 Å². The second kappa shape index (κ2) is 11.2. The molecule has 0 aliphatic rings. The first-order chi connectivity index (χ1) is 13.0. The molecular weight excluding hydrogens is 466 g/mol. The third-order valence-electron chi connectivity index (χ3n) is 3.61. The molecule has 146 valence electrons. The number of ether oxygens (including phenoxy) is 2. The van der Waals surface area contributed by atoms with Crippen LogP contribution in [0.4, 0.5) is 15.8 Å². The van der Waals surface area contributed by atoms with E-state index in [1.807, 2.05) is 25.1 Å². The van der Waals surface area contributed by atoms with Gasteiger partial charge in [-0.15, -0.1) is 0 Å². The molecule has 0 bridgehead atoms. The Morgan fingerprint density at radius 1 is 1.07 bits per heavy atom. The van der Waals surface area contributed by atoms with Gasteiger partial charge >= 0.3 is 0 Å². The van der Waals surface area contributed by atoms with Crippen molar-refractivity contribution in [1.82, 2.24) is 5.48 Å². The van der Waals surface area contributed by atoms with E-state index in [-0.39, 0.29) is 12.2 Å². The van der Waals surface area contributed by atoms with Gasteiger partial charge in [0.1, 0.15) is 5.82 Å². The Morgan fingerprint density at radius 2 is 1.85 bits per heavy atom. The van der Waals surface area contributed by atoms with Crippen molar-refractivity contribution < 1.29 is 23.5 Å². The van der Waals surface area contributed by atoms with Gasteiger partial charge < -0.3 is 14.8 Å². The highest BCUT2D eigenvalue weighted by Crippen LogP contribution is 2.25. The quantitative estimate of drug-likeness (QED) is 0.303. The van der Waals surface area contributed by atoms with E-state index in [2.05, 4.69) is 33.4 Å². The third kappa shape index (κ3) is 7.06. The van der Waals surface area contributed by atoms with Crippen LogP contribution in [-0.4, -0.2) is 39.4 Å². The molecule has 0 aliphatic heterocycles. The maximum absolute atomic E-state index is 13.7. The number of methoxy groups -OCH3 is 1. The minimum Gasteiger partial charge on any atom is -0.382 e. The molecule has 0 atom stereocenters. The summed E-state index contributed by atoms with van der Waals surface area (Å²) in [6, 6.07) is 9.73. The summed E-state index contributed by atoms with van der Waals surface area (Å²) in [5.41, 5.74) is 4.76. The van der Waals surface area contributed by atoms with E-state index >= 15 is 0 Å². The molecule has 0 unspecified atom stereocenters. The molecule has 2 N–H and O–H groups in total. The Labute approximate surface area is 171 Å². The smallest absolute Gasteiger partial charge is 0.276 e. The van der Waals surface area contributed by atoms with Gasteiger partial charge in [0.05, 0.1) is 37.7 Å². The Hall–Kier alpha value is -1.75. The van der Waals surface area contributed by atoms with Crippen molar-refractivity contribution in [3.63, 3.8) is 0 Å². The molecule has 0 saturated carbocycles. The van der Waals surface area contributed by atoms with Crippen LogP contribution in [0, 0.1) is 16.3 Å². The van der Waals surface area contributed by atoms with Crippen LogP contribution in [-0.2, 0) is 14.3 Å². The average molecular weight is 488 g/mol. The molecule has 2 aromatic rings. The van der Waals surface area contributed by atoms with Crippen molar-refractivity contribution in [2.45, 2.75) is 6.92 Å². The lowest BCUT2D eigenvalue weighted by Crippen LogP contribution is -2.26. The number of halogens is 2. The second-order valence-electron chi connectivity index (χ2n) is 5.66. The van der Waals surface area contributed by atoms with Crippen LogP contribution in [0.2, 0.25) is 0 Å². The Balaban J connectivity index is 1.99. The summed E-state index contributed by atoms with van der Waals surface area (Å²) in [5, 5.41) is 3.12. The standard InChI is InChI=1S/C19H22FIN2O4/c1-13-11-15(21)4-6-17(13)22-18-12-14(20)3-5-16(18)19(24)23-27-10-9-26-8-7-25-2/h3-6,11-12,22H,7-10H2,1-2H3,(H,23,24). The number of aryl methyl sites for hydroxylation is 1. The van der Waals surface area contributed by atoms with E-state index in [9.17, 15) is 9.18 Å². The number of rotatable bonds is 10.